The van der Waals surface area contributed by atoms with Crippen LogP contribution in [-0.4, -0.2) is 24.8 Å². The molecule has 0 fully saturated rings. The maximum Gasteiger partial charge on any atom is 0.310 e. The molecule has 0 aliphatic heterocycles. The molecule has 1 amide bonds. The van der Waals surface area contributed by atoms with E-state index in [1.807, 2.05) is 12.1 Å². The van der Waals surface area contributed by atoms with Gasteiger partial charge in [-0.1, -0.05) is 40.2 Å². The zero-order valence-corrected chi connectivity index (χ0v) is 15.3. The third-order valence-corrected chi connectivity index (χ3v) is 3.92. The molecule has 2 rings (SSSR count). The Morgan fingerprint density at radius 2 is 1.84 bits per heavy atom. The summed E-state index contributed by atoms with van der Waals surface area (Å²) in [4.78, 5) is 34.9. The van der Waals surface area contributed by atoms with Crippen molar-refractivity contribution < 1.29 is 19.1 Å². The predicted molar refractivity (Wildman–Crippen MR) is 98.6 cm³/mol. The highest BCUT2D eigenvalue weighted by Crippen LogP contribution is 2.20. The van der Waals surface area contributed by atoms with Gasteiger partial charge in [0, 0.05) is 10.0 Å². The van der Waals surface area contributed by atoms with Crippen LogP contribution in [0, 0.1) is 0 Å². The lowest BCUT2D eigenvalue weighted by Crippen LogP contribution is -2.16. The number of anilines is 1. The van der Waals surface area contributed by atoms with Crippen LogP contribution >= 0.6 is 15.9 Å². The summed E-state index contributed by atoms with van der Waals surface area (Å²) in [5, 5.41) is 2.74. The molecule has 0 unspecified atom stereocenters. The Balaban J connectivity index is 2.03. The molecule has 0 spiro atoms. The Labute approximate surface area is 154 Å². The van der Waals surface area contributed by atoms with Crippen molar-refractivity contribution in [3.05, 3.63) is 63.6 Å². The fraction of sp³-hybridized carbons (Fsp3) is 0.211. The van der Waals surface area contributed by atoms with Gasteiger partial charge in [0.1, 0.15) is 0 Å². The van der Waals surface area contributed by atoms with Gasteiger partial charge in [0.05, 0.1) is 25.1 Å². The van der Waals surface area contributed by atoms with Crippen LogP contribution in [0.15, 0.2) is 46.9 Å². The van der Waals surface area contributed by atoms with Crippen LogP contribution in [-0.2, 0) is 27.2 Å². The van der Waals surface area contributed by atoms with Gasteiger partial charge in [-0.25, -0.2) is 0 Å². The van der Waals surface area contributed by atoms with Gasteiger partial charge in [-0.2, -0.15) is 0 Å². The number of ether oxygens (including phenoxy) is 1. The number of aldehydes is 1. The number of benzene rings is 2. The lowest BCUT2D eigenvalue weighted by Gasteiger charge is -2.09. The highest BCUT2D eigenvalue weighted by molar-refractivity contribution is 9.10. The summed E-state index contributed by atoms with van der Waals surface area (Å²) in [7, 11) is 0. The fourth-order valence-corrected chi connectivity index (χ4v) is 2.73. The van der Waals surface area contributed by atoms with Crippen LogP contribution in [0.3, 0.4) is 0 Å². The molecule has 6 heteroatoms. The Morgan fingerprint density at radius 3 is 2.52 bits per heavy atom. The highest BCUT2D eigenvalue weighted by atomic mass is 79.9. The monoisotopic (exact) mass is 403 g/mol. The number of carbonyl (C=O) groups is 3. The molecule has 2 aromatic rings. The van der Waals surface area contributed by atoms with Gasteiger partial charge in [-0.3, -0.25) is 14.4 Å². The Hall–Kier alpha value is -2.47. The molecule has 0 aromatic heterocycles. The van der Waals surface area contributed by atoms with Crippen molar-refractivity contribution in [3.63, 3.8) is 0 Å². The van der Waals surface area contributed by atoms with Gasteiger partial charge in [0.2, 0.25) is 5.91 Å². The summed E-state index contributed by atoms with van der Waals surface area (Å²) in [6, 6.07) is 12.3. The average molecular weight is 404 g/mol. The summed E-state index contributed by atoms with van der Waals surface area (Å²) in [5.74, 6) is -0.534. The maximum atomic E-state index is 12.2. The third-order valence-electron chi connectivity index (χ3n) is 3.42. The SMILES string of the molecule is CCOC(=O)Cc1cccc(CC(=O)Nc2ccc(Br)cc2C=O)c1. The molecule has 0 aliphatic carbocycles. The molecule has 0 heterocycles. The normalized spacial score (nSPS) is 10.2. The van der Waals surface area contributed by atoms with E-state index in [1.54, 1.807) is 37.3 Å². The molecule has 0 saturated heterocycles. The number of hydrogen-bond donors (Lipinski definition) is 1. The van der Waals surface area contributed by atoms with E-state index in [9.17, 15) is 14.4 Å². The first-order valence-electron chi connectivity index (χ1n) is 7.80. The van der Waals surface area contributed by atoms with Crippen LogP contribution in [0.2, 0.25) is 0 Å². The predicted octanol–water partition coefficient (Wildman–Crippen LogP) is 3.55. The summed E-state index contributed by atoms with van der Waals surface area (Å²) in [5.41, 5.74) is 2.44. The van der Waals surface area contributed by atoms with Crippen molar-refractivity contribution in [3.8, 4) is 0 Å². The third kappa shape index (κ3) is 5.83. The van der Waals surface area contributed by atoms with Gasteiger partial charge in [0.25, 0.3) is 0 Å². The Bertz CT molecular complexity index is 789. The lowest BCUT2D eigenvalue weighted by molar-refractivity contribution is -0.142. The van der Waals surface area contributed by atoms with Crippen molar-refractivity contribution in [2.45, 2.75) is 19.8 Å². The van der Waals surface area contributed by atoms with Gasteiger partial charge in [-0.05, 0) is 36.2 Å². The second-order valence-electron chi connectivity index (χ2n) is 5.38. The highest BCUT2D eigenvalue weighted by Gasteiger charge is 2.10. The van der Waals surface area contributed by atoms with Crippen molar-refractivity contribution >= 4 is 39.8 Å². The van der Waals surface area contributed by atoms with Crippen LogP contribution in [0.4, 0.5) is 5.69 Å². The number of nitrogens with one attached hydrogen (secondary N) is 1. The second-order valence-corrected chi connectivity index (χ2v) is 6.29. The molecule has 0 atom stereocenters. The summed E-state index contributed by atoms with van der Waals surface area (Å²) < 4.78 is 5.69. The Kier molecular flexibility index (Phi) is 6.89. The standard InChI is InChI=1S/C19H18BrNO4/c1-2-25-19(24)10-14-5-3-4-13(8-14)9-18(23)21-17-7-6-16(20)11-15(17)12-22/h3-8,11-12H,2,9-10H2,1H3,(H,21,23). The van der Waals surface area contributed by atoms with E-state index in [0.717, 1.165) is 15.6 Å². The molecule has 5 nitrogen and oxygen atoms in total. The minimum atomic E-state index is -0.297. The van der Waals surface area contributed by atoms with Crippen LogP contribution < -0.4 is 5.32 Å². The molecule has 0 aliphatic rings. The quantitative estimate of drug-likeness (QED) is 0.566. The Morgan fingerprint density at radius 1 is 1.12 bits per heavy atom. The summed E-state index contributed by atoms with van der Waals surface area (Å²) in [6.07, 6.45) is 1.01. The van der Waals surface area contributed by atoms with Crippen molar-refractivity contribution in [1.29, 1.82) is 0 Å². The van der Waals surface area contributed by atoms with Gasteiger partial charge in [-0.15, -0.1) is 0 Å². The molecule has 1 N–H and O–H groups in total. The van der Waals surface area contributed by atoms with E-state index in [2.05, 4.69) is 21.2 Å². The van der Waals surface area contributed by atoms with E-state index < -0.39 is 0 Å². The van der Waals surface area contributed by atoms with Gasteiger partial charge >= 0.3 is 5.97 Å². The molecule has 0 bridgehead atoms. The average Bonchev–Trinajstić information content (AvgIpc) is 2.57. The van der Waals surface area contributed by atoms with Crippen LogP contribution in [0.1, 0.15) is 28.4 Å². The van der Waals surface area contributed by atoms with Crippen LogP contribution in [0.25, 0.3) is 0 Å². The topological polar surface area (TPSA) is 72.5 Å². The van der Waals surface area contributed by atoms with E-state index >= 15 is 0 Å². The number of halogens is 1. The fourth-order valence-electron chi connectivity index (χ4n) is 2.35. The van der Waals surface area contributed by atoms with E-state index in [1.165, 1.54) is 0 Å². The largest absolute Gasteiger partial charge is 0.466 e. The van der Waals surface area contributed by atoms with E-state index in [-0.39, 0.29) is 24.7 Å². The molecule has 0 saturated carbocycles. The second kappa shape index (κ2) is 9.13. The minimum absolute atomic E-state index is 0.144. The molecule has 0 radical (unpaired) electrons. The summed E-state index contributed by atoms with van der Waals surface area (Å²) >= 11 is 3.29. The zero-order chi connectivity index (χ0) is 18.2. The summed E-state index contributed by atoms with van der Waals surface area (Å²) in [6.45, 7) is 2.10. The first-order chi connectivity index (χ1) is 12.0. The van der Waals surface area contributed by atoms with Gasteiger partial charge < -0.3 is 10.1 Å². The lowest BCUT2D eigenvalue weighted by atomic mass is 10.1. The molecular formula is C19H18BrNO4. The molecule has 25 heavy (non-hydrogen) atoms. The number of carbonyl (C=O) groups excluding carboxylic acids is 3. The van der Waals surface area contributed by atoms with E-state index in [0.29, 0.717) is 24.1 Å². The zero-order valence-electron chi connectivity index (χ0n) is 13.8. The maximum absolute atomic E-state index is 12.2. The van der Waals surface area contributed by atoms with Crippen LogP contribution in [0.5, 0.6) is 0 Å². The smallest absolute Gasteiger partial charge is 0.310 e. The molecule has 2 aromatic carbocycles. The molecule has 130 valence electrons. The number of esters is 1. The number of amides is 1. The minimum Gasteiger partial charge on any atom is -0.466 e. The first-order valence-corrected chi connectivity index (χ1v) is 8.59. The number of rotatable bonds is 7. The van der Waals surface area contributed by atoms with Crippen molar-refractivity contribution in [2.24, 2.45) is 0 Å². The van der Waals surface area contributed by atoms with Crippen molar-refractivity contribution in [2.75, 3.05) is 11.9 Å². The van der Waals surface area contributed by atoms with Crippen molar-refractivity contribution in [1.82, 2.24) is 0 Å². The molecular weight excluding hydrogens is 386 g/mol. The number of hydrogen-bond acceptors (Lipinski definition) is 4. The van der Waals surface area contributed by atoms with E-state index in [4.69, 9.17) is 4.74 Å². The van der Waals surface area contributed by atoms with Gasteiger partial charge in [0.15, 0.2) is 6.29 Å². The first kappa shape index (κ1) is 18.9.